The van der Waals surface area contributed by atoms with Crippen LogP contribution in [0.25, 0.3) is 0 Å². The molecule has 6 heteroatoms. The van der Waals surface area contributed by atoms with E-state index in [4.69, 9.17) is 0 Å². The second kappa shape index (κ2) is 6.03. The van der Waals surface area contributed by atoms with E-state index in [1.54, 1.807) is 0 Å². The molecule has 0 N–H and O–H groups in total. The summed E-state index contributed by atoms with van der Waals surface area (Å²) in [7, 11) is -4.29. The minimum absolute atomic E-state index is 0. The monoisotopic (exact) mass is 247 g/mol. The molecule has 1 aromatic rings. The Balaban J connectivity index is 0.00000144. The van der Waals surface area contributed by atoms with Crippen molar-refractivity contribution in [2.24, 2.45) is 0 Å². The number of hydrogen-bond donors (Lipinski definition) is 0. The first-order valence-electron chi connectivity index (χ1n) is 5.34. The van der Waals surface area contributed by atoms with Gasteiger partial charge in [0.05, 0.1) is 0 Å². The molecule has 1 heterocycles. The molecule has 0 amide bonds. The average Bonchev–Trinajstić information content (AvgIpc) is 2.67. The summed E-state index contributed by atoms with van der Waals surface area (Å²) in [6, 6.07) is 9.49. The van der Waals surface area contributed by atoms with Crippen LogP contribution in [0.4, 0.5) is 0 Å². The summed E-state index contributed by atoms with van der Waals surface area (Å²) >= 11 is 0. The van der Waals surface area contributed by atoms with Gasteiger partial charge in [-0.3, -0.25) is 0 Å². The maximum absolute atomic E-state index is 11.0. The fourth-order valence-electron chi connectivity index (χ4n) is 2.19. The van der Waals surface area contributed by atoms with E-state index in [1.807, 2.05) is 30.3 Å². The van der Waals surface area contributed by atoms with Crippen molar-refractivity contribution in [3.8, 4) is 0 Å². The number of hydrogen-bond acceptors (Lipinski definition) is 3. The van der Waals surface area contributed by atoms with E-state index in [-0.39, 0.29) is 24.9 Å². The normalized spacial score (nSPS) is 21.1. The first-order valence-corrected chi connectivity index (χ1v) is 6.70. The standard InChI is InChI=1S/C11H15NO3S.Li/c13-16(14,15)12-8-4-7-11(12)9-10-5-2-1-3-6-10;/h1-3,5-6,11H,4,7-9H2,(H,13,14,15);/q;+1/p-1/t11-;/m1./s1. The third kappa shape index (κ3) is 3.83. The summed E-state index contributed by atoms with van der Waals surface area (Å²) in [5, 5.41) is 0. The van der Waals surface area contributed by atoms with Crippen molar-refractivity contribution in [3.05, 3.63) is 35.9 Å². The fraction of sp³-hybridized carbons (Fsp3) is 0.455. The summed E-state index contributed by atoms with van der Waals surface area (Å²) in [6.07, 6.45) is 2.18. The van der Waals surface area contributed by atoms with Crippen molar-refractivity contribution in [2.45, 2.75) is 25.3 Å². The van der Waals surface area contributed by atoms with E-state index in [0.717, 1.165) is 22.7 Å². The Morgan fingerprint density at radius 3 is 2.53 bits per heavy atom. The quantitative estimate of drug-likeness (QED) is 0.466. The molecule has 17 heavy (non-hydrogen) atoms. The largest absolute Gasteiger partial charge is 1.00 e. The van der Waals surface area contributed by atoms with Crippen molar-refractivity contribution in [1.82, 2.24) is 4.31 Å². The van der Waals surface area contributed by atoms with Crippen LogP contribution in [0.15, 0.2) is 30.3 Å². The van der Waals surface area contributed by atoms with Gasteiger partial charge in [0, 0.05) is 12.6 Å². The molecule has 1 aromatic carbocycles. The Labute approximate surface area is 114 Å². The smallest absolute Gasteiger partial charge is 0.735 e. The first kappa shape index (κ1) is 14.7. The number of rotatable bonds is 3. The van der Waals surface area contributed by atoms with E-state index < -0.39 is 10.3 Å². The van der Waals surface area contributed by atoms with E-state index >= 15 is 0 Å². The third-order valence-corrected chi connectivity index (χ3v) is 3.98. The Morgan fingerprint density at radius 1 is 1.29 bits per heavy atom. The molecule has 1 saturated heterocycles. The molecule has 88 valence electrons. The van der Waals surface area contributed by atoms with Crippen molar-refractivity contribution in [3.63, 3.8) is 0 Å². The second-order valence-corrected chi connectivity index (χ2v) is 5.38. The molecule has 0 spiro atoms. The van der Waals surface area contributed by atoms with Crippen molar-refractivity contribution < 1.29 is 31.8 Å². The summed E-state index contributed by atoms with van der Waals surface area (Å²) in [5.74, 6) is 0. The summed E-state index contributed by atoms with van der Waals surface area (Å²) < 4.78 is 34.1. The predicted octanol–water partition coefficient (Wildman–Crippen LogP) is -1.84. The Morgan fingerprint density at radius 2 is 1.94 bits per heavy atom. The first-order chi connectivity index (χ1) is 7.57. The predicted molar refractivity (Wildman–Crippen MR) is 59.6 cm³/mol. The second-order valence-electron chi connectivity index (χ2n) is 4.05. The van der Waals surface area contributed by atoms with Gasteiger partial charge in [0.1, 0.15) is 0 Å². The summed E-state index contributed by atoms with van der Waals surface area (Å²) in [6.45, 7) is 0.364. The zero-order valence-corrected chi connectivity index (χ0v) is 10.7. The Kier molecular flexibility index (Phi) is 5.23. The number of benzene rings is 1. The van der Waals surface area contributed by atoms with Gasteiger partial charge in [-0.15, -0.1) is 0 Å². The van der Waals surface area contributed by atoms with E-state index in [9.17, 15) is 13.0 Å². The average molecular weight is 247 g/mol. The molecule has 4 nitrogen and oxygen atoms in total. The Hall–Kier alpha value is -0.313. The fourth-order valence-corrected chi connectivity index (χ4v) is 3.09. The molecule has 1 atom stereocenters. The molecule has 0 aliphatic carbocycles. The van der Waals surface area contributed by atoms with Gasteiger partial charge < -0.3 is 4.55 Å². The van der Waals surface area contributed by atoms with Gasteiger partial charge in [0.15, 0.2) is 10.3 Å². The molecule has 0 bridgehead atoms. The zero-order valence-electron chi connectivity index (χ0n) is 9.87. The van der Waals surface area contributed by atoms with Gasteiger partial charge in [-0.05, 0) is 24.8 Å². The maximum atomic E-state index is 11.0. The molecule has 2 rings (SSSR count). The number of nitrogens with zero attached hydrogens (tertiary/aromatic N) is 1. The molecule has 1 aliphatic heterocycles. The zero-order chi connectivity index (χ0) is 11.6. The molecule has 0 aromatic heterocycles. The molecular weight excluding hydrogens is 233 g/mol. The van der Waals surface area contributed by atoms with Crippen LogP contribution in [0, 0.1) is 0 Å². The van der Waals surface area contributed by atoms with Crippen molar-refractivity contribution >= 4 is 10.3 Å². The molecular formula is C11H14LiNO3S. The van der Waals surface area contributed by atoms with Crippen LogP contribution >= 0.6 is 0 Å². The molecule has 1 aliphatic rings. The maximum Gasteiger partial charge on any atom is 1.00 e. The van der Waals surface area contributed by atoms with Gasteiger partial charge in [-0.2, -0.15) is 0 Å². The van der Waals surface area contributed by atoms with Crippen LogP contribution in [0.3, 0.4) is 0 Å². The van der Waals surface area contributed by atoms with Gasteiger partial charge in [-0.25, -0.2) is 12.7 Å². The summed E-state index contributed by atoms with van der Waals surface area (Å²) in [5.41, 5.74) is 1.07. The van der Waals surface area contributed by atoms with Crippen molar-refractivity contribution in [1.29, 1.82) is 0 Å². The molecule has 0 saturated carbocycles. The van der Waals surface area contributed by atoms with E-state index in [1.165, 1.54) is 0 Å². The van der Waals surface area contributed by atoms with Crippen LogP contribution in [0.1, 0.15) is 18.4 Å². The van der Waals surface area contributed by atoms with Gasteiger partial charge in [0.2, 0.25) is 0 Å². The third-order valence-electron chi connectivity index (χ3n) is 2.92. The van der Waals surface area contributed by atoms with Gasteiger partial charge >= 0.3 is 18.9 Å². The molecule has 0 unspecified atom stereocenters. The van der Waals surface area contributed by atoms with Gasteiger partial charge in [-0.1, -0.05) is 30.3 Å². The van der Waals surface area contributed by atoms with Crippen LogP contribution < -0.4 is 18.9 Å². The van der Waals surface area contributed by atoms with Crippen LogP contribution in [0.5, 0.6) is 0 Å². The topological polar surface area (TPSA) is 60.4 Å². The van der Waals surface area contributed by atoms with Crippen molar-refractivity contribution in [2.75, 3.05) is 6.54 Å². The van der Waals surface area contributed by atoms with E-state index in [0.29, 0.717) is 13.0 Å². The minimum Gasteiger partial charge on any atom is -0.735 e. The SMILES string of the molecule is O=S(=O)([O-])N1CCC[C@@H]1Cc1ccccc1.[Li+]. The molecule has 0 radical (unpaired) electrons. The van der Waals surface area contributed by atoms with E-state index in [2.05, 4.69) is 0 Å². The summed E-state index contributed by atoms with van der Waals surface area (Å²) in [4.78, 5) is 0. The molecule has 1 fully saturated rings. The van der Waals surface area contributed by atoms with Crippen LogP contribution in [0.2, 0.25) is 0 Å². The van der Waals surface area contributed by atoms with Crippen LogP contribution in [-0.4, -0.2) is 29.9 Å². The Bertz CT molecular complexity index is 449. The van der Waals surface area contributed by atoms with Crippen LogP contribution in [-0.2, 0) is 16.7 Å². The minimum atomic E-state index is -4.29. The van der Waals surface area contributed by atoms with Gasteiger partial charge in [0.25, 0.3) is 0 Å².